The van der Waals surface area contributed by atoms with E-state index in [9.17, 15) is 9.59 Å². The van der Waals surface area contributed by atoms with E-state index in [0.29, 0.717) is 16.0 Å². The Hall–Kier alpha value is -2.78. The third kappa shape index (κ3) is 4.24. The van der Waals surface area contributed by atoms with Crippen molar-refractivity contribution in [2.75, 3.05) is 5.75 Å². The van der Waals surface area contributed by atoms with Crippen LogP contribution in [0.4, 0.5) is 0 Å². The highest BCUT2D eigenvalue weighted by atomic mass is 35.5. The molecule has 2 amide bonds. The van der Waals surface area contributed by atoms with E-state index in [1.54, 1.807) is 22.8 Å². The molecule has 0 aliphatic heterocycles. The van der Waals surface area contributed by atoms with E-state index >= 15 is 0 Å². The second kappa shape index (κ2) is 8.07. The normalized spacial score (nSPS) is 10.5. The van der Waals surface area contributed by atoms with Gasteiger partial charge < -0.3 is 4.42 Å². The fourth-order valence-electron chi connectivity index (χ4n) is 2.11. The van der Waals surface area contributed by atoms with Crippen LogP contribution in [0.2, 0.25) is 5.02 Å². The van der Waals surface area contributed by atoms with Crippen molar-refractivity contribution in [3.8, 4) is 5.69 Å². The number of amides is 2. The predicted octanol–water partition coefficient (Wildman–Crippen LogP) is 2.38. The first-order valence-electron chi connectivity index (χ1n) is 7.48. The molecule has 0 saturated heterocycles. The van der Waals surface area contributed by atoms with Gasteiger partial charge in [0.2, 0.25) is 5.91 Å². The summed E-state index contributed by atoms with van der Waals surface area (Å²) in [6.45, 7) is 1.81. The maximum absolute atomic E-state index is 11.9. The molecule has 0 aliphatic carbocycles. The number of benzene rings is 1. The molecule has 3 rings (SSSR count). The molecule has 2 heterocycles. The third-order valence-corrected chi connectivity index (χ3v) is 4.42. The summed E-state index contributed by atoms with van der Waals surface area (Å²) in [4.78, 5) is 23.6. The van der Waals surface area contributed by atoms with Gasteiger partial charge in [0.1, 0.15) is 5.82 Å². The number of hydrogen-bond acceptors (Lipinski definition) is 6. The number of thioether (sulfide) groups is 1. The van der Waals surface area contributed by atoms with Crippen molar-refractivity contribution in [3.63, 3.8) is 0 Å². The zero-order chi connectivity index (χ0) is 18.5. The molecule has 2 N–H and O–H groups in total. The van der Waals surface area contributed by atoms with Crippen LogP contribution in [-0.4, -0.2) is 32.3 Å². The van der Waals surface area contributed by atoms with Crippen LogP contribution in [0.15, 0.2) is 52.2 Å². The molecule has 0 saturated carbocycles. The van der Waals surface area contributed by atoms with Crippen LogP contribution >= 0.6 is 23.4 Å². The van der Waals surface area contributed by atoms with Crippen LogP contribution in [0.3, 0.4) is 0 Å². The summed E-state index contributed by atoms with van der Waals surface area (Å²) < 4.78 is 6.73. The minimum absolute atomic E-state index is 0.0388. The van der Waals surface area contributed by atoms with Gasteiger partial charge in [-0.2, -0.15) is 0 Å². The van der Waals surface area contributed by atoms with Gasteiger partial charge in [0, 0.05) is 5.02 Å². The van der Waals surface area contributed by atoms with E-state index in [0.717, 1.165) is 5.69 Å². The standard InChI is InChI=1S/C16H14ClN5O3S/c1-10-18-21-16(22(10)12-5-2-4-11(17)8-12)26-9-14(23)19-20-15(24)13-6-3-7-25-13/h2-8H,9H2,1H3,(H,19,23)(H,20,24). The smallest absolute Gasteiger partial charge is 0.305 e. The number of furan rings is 1. The molecule has 0 unspecified atom stereocenters. The maximum Gasteiger partial charge on any atom is 0.305 e. The lowest BCUT2D eigenvalue weighted by molar-refractivity contribution is -0.119. The zero-order valence-corrected chi connectivity index (χ0v) is 15.2. The van der Waals surface area contributed by atoms with E-state index < -0.39 is 11.8 Å². The lowest BCUT2D eigenvalue weighted by Crippen LogP contribution is -2.42. The molecule has 3 aromatic rings. The summed E-state index contributed by atoms with van der Waals surface area (Å²) in [6, 6.07) is 10.3. The van der Waals surface area contributed by atoms with Crippen molar-refractivity contribution in [3.05, 3.63) is 59.3 Å². The molecule has 10 heteroatoms. The fourth-order valence-corrected chi connectivity index (χ4v) is 3.09. The molecule has 1 aromatic carbocycles. The zero-order valence-electron chi connectivity index (χ0n) is 13.6. The molecular weight excluding hydrogens is 378 g/mol. The summed E-state index contributed by atoms with van der Waals surface area (Å²) in [5, 5.41) is 9.25. The number of nitrogens with one attached hydrogen (secondary N) is 2. The Bertz CT molecular complexity index is 926. The van der Waals surface area contributed by atoms with Crippen molar-refractivity contribution in [1.29, 1.82) is 0 Å². The van der Waals surface area contributed by atoms with Crippen LogP contribution in [-0.2, 0) is 4.79 Å². The van der Waals surface area contributed by atoms with E-state index in [4.69, 9.17) is 16.0 Å². The lowest BCUT2D eigenvalue weighted by Gasteiger charge is -2.09. The van der Waals surface area contributed by atoms with E-state index in [1.165, 1.54) is 24.1 Å². The summed E-state index contributed by atoms with van der Waals surface area (Å²) in [5.74, 6) is -0.119. The molecule has 134 valence electrons. The molecular formula is C16H14ClN5O3S. The molecule has 0 atom stereocenters. The Labute approximate surface area is 157 Å². The number of nitrogens with zero attached hydrogens (tertiary/aromatic N) is 3. The first kappa shape index (κ1) is 18.0. The number of carbonyl (C=O) groups is 2. The van der Waals surface area contributed by atoms with Crippen molar-refractivity contribution in [2.24, 2.45) is 0 Å². The van der Waals surface area contributed by atoms with Crippen molar-refractivity contribution in [2.45, 2.75) is 12.1 Å². The third-order valence-electron chi connectivity index (χ3n) is 3.25. The molecule has 0 radical (unpaired) electrons. The van der Waals surface area contributed by atoms with Gasteiger partial charge in [-0.3, -0.25) is 25.0 Å². The molecule has 2 aromatic heterocycles. The second-order valence-electron chi connectivity index (χ2n) is 5.11. The number of aromatic nitrogens is 3. The molecule has 0 spiro atoms. The number of halogens is 1. The fraction of sp³-hybridized carbons (Fsp3) is 0.125. The van der Waals surface area contributed by atoms with Crippen molar-refractivity contribution in [1.82, 2.24) is 25.6 Å². The highest BCUT2D eigenvalue weighted by Crippen LogP contribution is 2.23. The van der Waals surface area contributed by atoms with Crippen LogP contribution in [0.1, 0.15) is 16.4 Å². The molecule has 0 aliphatic rings. The van der Waals surface area contributed by atoms with Gasteiger partial charge in [-0.1, -0.05) is 29.4 Å². The average Bonchev–Trinajstić information content (AvgIpc) is 3.27. The number of carbonyl (C=O) groups excluding carboxylic acids is 2. The van der Waals surface area contributed by atoms with Gasteiger partial charge in [-0.25, -0.2) is 0 Å². The SMILES string of the molecule is Cc1nnc(SCC(=O)NNC(=O)c2ccco2)n1-c1cccc(Cl)c1. The van der Waals surface area contributed by atoms with Gasteiger partial charge in [-0.15, -0.1) is 10.2 Å². The Morgan fingerprint density at radius 3 is 2.81 bits per heavy atom. The largest absolute Gasteiger partial charge is 0.459 e. The Kier molecular flexibility index (Phi) is 5.59. The second-order valence-corrected chi connectivity index (χ2v) is 6.49. The molecule has 0 bridgehead atoms. The monoisotopic (exact) mass is 391 g/mol. The number of aryl methyl sites for hydroxylation is 1. The van der Waals surface area contributed by atoms with E-state index in [-0.39, 0.29) is 11.5 Å². The van der Waals surface area contributed by atoms with Gasteiger partial charge in [0.15, 0.2) is 10.9 Å². The molecule has 8 nitrogen and oxygen atoms in total. The first-order chi connectivity index (χ1) is 12.5. The Morgan fingerprint density at radius 1 is 1.23 bits per heavy atom. The highest BCUT2D eigenvalue weighted by molar-refractivity contribution is 7.99. The number of hydrazine groups is 1. The van der Waals surface area contributed by atoms with Crippen LogP contribution in [0.5, 0.6) is 0 Å². The Morgan fingerprint density at radius 2 is 2.08 bits per heavy atom. The van der Waals surface area contributed by atoms with Crippen LogP contribution in [0, 0.1) is 6.92 Å². The highest BCUT2D eigenvalue weighted by Gasteiger charge is 2.14. The number of rotatable bonds is 5. The van der Waals surface area contributed by atoms with Crippen LogP contribution < -0.4 is 10.9 Å². The maximum atomic E-state index is 11.9. The molecule has 0 fully saturated rings. The summed E-state index contributed by atoms with van der Waals surface area (Å²) in [6.07, 6.45) is 1.37. The Balaban J connectivity index is 1.60. The lowest BCUT2D eigenvalue weighted by atomic mass is 10.3. The van der Waals surface area contributed by atoms with Crippen LogP contribution in [0.25, 0.3) is 5.69 Å². The number of hydrogen-bond donors (Lipinski definition) is 2. The predicted molar refractivity (Wildman–Crippen MR) is 96.1 cm³/mol. The molecule has 26 heavy (non-hydrogen) atoms. The van der Waals surface area contributed by atoms with E-state index in [2.05, 4.69) is 21.0 Å². The minimum atomic E-state index is -0.536. The first-order valence-corrected chi connectivity index (χ1v) is 8.84. The van der Waals surface area contributed by atoms with Gasteiger partial charge in [0.25, 0.3) is 0 Å². The van der Waals surface area contributed by atoms with Gasteiger partial charge in [-0.05, 0) is 37.3 Å². The minimum Gasteiger partial charge on any atom is -0.459 e. The quantitative estimate of drug-likeness (QED) is 0.511. The summed E-state index contributed by atoms with van der Waals surface area (Å²) in [7, 11) is 0. The summed E-state index contributed by atoms with van der Waals surface area (Å²) in [5.41, 5.74) is 5.39. The van der Waals surface area contributed by atoms with Crippen molar-refractivity contribution < 1.29 is 14.0 Å². The van der Waals surface area contributed by atoms with E-state index in [1.807, 2.05) is 19.1 Å². The average molecular weight is 392 g/mol. The van der Waals surface area contributed by atoms with Gasteiger partial charge >= 0.3 is 5.91 Å². The summed E-state index contributed by atoms with van der Waals surface area (Å²) >= 11 is 7.22. The van der Waals surface area contributed by atoms with Gasteiger partial charge in [0.05, 0.1) is 17.7 Å². The van der Waals surface area contributed by atoms with Crippen molar-refractivity contribution >= 4 is 35.2 Å². The topological polar surface area (TPSA) is 102 Å².